The molecule has 2 nitrogen and oxygen atoms in total. The Bertz CT molecular complexity index is 367. The standard InChI is InChI=1S/C14H21NO/c1-10-7-13(14(16)8-11(10)2)9-12-3-5-15-6-4-12/h7-8,12,15-16H,3-6,9H2,1-2H3. The second kappa shape index (κ2) is 4.88. The van der Waals surface area contributed by atoms with Crippen molar-refractivity contribution in [2.75, 3.05) is 13.1 Å². The summed E-state index contributed by atoms with van der Waals surface area (Å²) in [6, 6.07) is 4.04. The molecule has 1 aromatic rings. The Kier molecular flexibility index (Phi) is 3.49. The van der Waals surface area contributed by atoms with E-state index in [4.69, 9.17) is 0 Å². The van der Waals surface area contributed by atoms with Crippen LogP contribution in [0.3, 0.4) is 0 Å². The highest BCUT2D eigenvalue weighted by atomic mass is 16.3. The molecule has 1 aliphatic rings. The van der Waals surface area contributed by atoms with E-state index in [9.17, 15) is 5.11 Å². The molecule has 0 bridgehead atoms. The van der Waals surface area contributed by atoms with Crippen LogP contribution in [0.25, 0.3) is 0 Å². The van der Waals surface area contributed by atoms with Crippen LogP contribution < -0.4 is 5.32 Å². The minimum absolute atomic E-state index is 0.474. The zero-order valence-electron chi connectivity index (χ0n) is 10.2. The van der Waals surface area contributed by atoms with E-state index in [1.165, 1.54) is 24.0 Å². The summed E-state index contributed by atoms with van der Waals surface area (Å²) in [5, 5.41) is 13.3. The SMILES string of the molecule is Cc1cc(O)c(CC2CCNCC2)cc1C. The molecule has 0 aliphatic carbocycles. The zero-order valence-corrected chi connectivity index (χ0v) is 10.2. The van der Waals surface area contributed by atoms with Crippen LogP contribution in [0.2, 0.25) is 0 Å². The first kappa shape index (κ1) is 11.5. The van der Waals surface area contributed by atoms with Crippen LogP contribution in [-0.4, -0.2) is 18.2 Å². The fourth-order valence-corrected chi connectivity index (χ4v) is 2.42. The van der Waals surface area contributed by atoms with E-state index in [1.54, 1.807) is 0 Å². The van der Waals surface area contributed by atoms with Crippen molar-refractivity contribution in [3.05, 3.63) is 28.8 Å². The minimum atomic E-state index is 0.474. The number of aryl methyl sites for hydroxylation is 2. The van der Waals surface area contributed by atoms with Gasteiger partial charge in [-0.15, -0.1) is 0 Å². The Balaban J connectivity index is 2.11. The van der Waals surface area contributed by atoms with Crippen molar-refractivity contribution in [2.24, 2.45) is 5.92 Å². The number of nitrogens with one attached hydrogen (secondary N) is 1. The molecular weight excluding hydrogens is 198 g/mol. The second-order valence-corrected chi connectivity index (χ2v) is 4.96. The quantitative estimate of drug-likeness (QED) is 0.801. The van der Waals surface area contributed by atoms with Crippen molar-refractivity contribution >= 4 is 0 Å². The molecule has 0 spiro atoms. The number of hydrogen-bond acceptors (Lipinski definition) is 2. The van der Waals surface area contributed by atoms with Crippen molar-refractivity contribution in [1.82, 2.24) is 5.32 Å². The van der Waals surface area contributed by atoms with Gasteiger partial charge in [-0.1, -0.05) is 6.07 Å². The molecule has 0 radical (unpaired) electrons. The van der Waals surface area contributed by atoms with Crippen LogP contribution in [-0.2, 0) is 6.42 Å². The van der Waals surface area contributed by atoms with Gasteiger partial charge in [0.1, 0.15) is 5.75 Å². The Morgan fingerprint density at radius 2 is 1.81 bits per heavy atom. The van der Waals surface area contributed by atoms with Gasteiger partial charge in [0.25, 0.3) is 0 Å². The summed E-state index contributed by atoms with van der Waals surface area (Å²) in [6.45, 7) is 6.40. The maximum atomic E-state index is 9.93. The zero-order chi connectivity index (χ0) is 11.5. The minimum Gasteiger partial charge on any atom is -0.508 e. The molecule has 88 valence electrons. The molecule has 2 heteroatoms. The summed E-state index contributed by atoms with van der Waals surface area (Å²) in [7, 11) is 0. The Morgan fingerprint density at radius 1 is 1.19 bits per heavy atom. The van der Waals surface area contributed by atoms with Gasteiger partial charge in [-0.3, -0.25) is 0 Å². The number of phenolic OH excluding ortho intramolecular Hbond substituents is 1. The smallest absolute Gasteiger partial charge is 0.119 e. The van der Waals surface area contributed by atoms with Crippen LogP contribution in [0.4, 0.5) is 0 Å². The molecule has 1 aromatic carbocycles. The van der Waals surface area contributed by atoms with Crippen molar-refractivity contribution < 1.29 is 5.11 Å². The van der Waals surface area contributed by atoms with Gasteiger partial charge in [0.15, 0.2) is 0 Å². The van der Waals surface area contributed by atoms with Crippen LogP contribution in [0.5, 0.6) is 5.75 Å². The Labute approximate surface area is 97.7 Å². The van der Waals surface area contributed by atoms with Gasteiger partial charge in [0.05, 0.1) is 0 Å². The maximum absolute atomic E-state index is 9.93. The first-order valence-electron chi connectivity index (χ1n) is 6.16. The van der Waals surface area contributed by atoms with E-state index >= 15 is 0 Å². The molecule has 16 heavy (non-hydrogen) atoms. The van der Waals surface area contributed by atoms with E-state index in [0.717, 1.165) is 31.0 Å². The van der Waals surface area contributed by atoms with Crippen LogP contribution in [0.1, 0.15) is 29.5 Å². The van der Waals surface area contributed by atoms with E-state index in [2.05, 4.69) is 18.3 Å². The molecule has 0 unspecified atom stereocenters. The summed E-state index contributed by atoms with van der Waals surface area (Å²) in [4.78, 5) is 0. The number of phenols is 1. The van der Waals surface area contributed by atoms with Crippen LogP contribution >= 0.6 is 0 Å². The van der Waals surface area contributed by atoms with Crippen molar-refractivity contribution in [3.63, 3.8) is 0 Å². The van der Waals surface area contributed by atoms with Crippen molar-refractivity contribution in [3.8, 4) is 5.75 Å². The number of benzene rings is 1. The fourth-order valence-electron chi connectivity index (χ4n) is 2.42. The van der Waals surface area contributed by atoms with Gasteiger partial charge in [-0.2, -0.15) is 0 Å². The summed E-state index contributed by atoms with van der Waals surface area (Å²) in [6.07, 6.45) is 3.48. The lowest BCUT2D eigenvalue weighted by atomic mass is 9.89. The molecule has 1 heterocycles. The van der Waals surface area contributed by atoms with Gasteiger partial charge in [0.2, 0.25) is 0 Å². The van der Waals surface area contributed by atoms with Gasteiger partial charge in [0, 0.05) is 0 Å². The monoisotopic (exact) mass is 219 g/mol. The molecule has 0 amide bonds. The Morgan fingerprint density at radius 3 is 2.50 bits per heavy atom. The van der Waals surface area contributed by atoms with Gasteiger partial charge in [-0.25, -0.2) is 0 Å². The molecule has 1 fully saturated rings. The predicted octanol–water partition coefficient (Wildman–Crippen LogP) is 2.55. The number of rotatable bonds is 2. The molecular formula is C14H21NO. The lowest BCUT2D eigenvalue weighted by molar-refractivity contribution is 0.366. The highest BCUT2D eigenvalue weighted by molar-refractivity contribution is 5.41. The molecule has 0 atom stereocenters. The number of piperidine rings is 1. The molecule has 1 aliphatic heterocycles. The third kappa shape index (κ3) is 2.56. The van der Waals surface area contributed by atoms with Gasteiger partial charge < -0.3 is 10.4 Å². The Hall–Kier alpha value is -1.02. The molecule has 0 aromatic heterocycles. The van der Waals surface area contributed by atoms with Crippen molar-refractivity contribution in [2.45, 2.75) is 33.1 Å². The first-order chi connectivity index (χ1) is 7.66. The average molecular weight is 219 g/mol. The van der Waals surface area contributed by atoms with Crippen molar-refractivity contribution in [1.29, 1.82) is 0 Å². The highest BCUT2D eigenvalue weighted by Crippen LogP contribution is 2.27. The number of aromatic hydroxyl groups is 1. The summed E-state index contributed by atoms with van der Waals surface area (Å²) < 4.78 is 0. The second-order valence-electron chi connectivity index (χ2n) is 4.96. The van der Waals surface area contributed by atoms with Crippen LogP contribution in [0, 0.1) is 19.8 Å². The third-order valence-electron chi connectivity index (χ3n) is 3.66. The maximum Gasteiger partial charge on any atom is 0.119 e. The van der Waals surface area contributed by atoms with Crippen LogP contribution in [0.15, 0.2) is 12.1 Å². The first-order valence-corrected chi connectivity index (χ1v) is 6.16. The number of hydrogen-bond donors (Lipinski definition) is 2. The molecule has 2 N–H and O–H groups in total. The largest absolute Gasteiger partial charge is 0.508 e. The van der Waals surface area contributed by atoms with E-state index < -0.39 is 0 Å². The average Bonchev–Trinajstić information content (AvgIpc) is 2.27. The molecule has 1 saturated heterocycles. The summed E-state index contributed by atoms with van der Waals surface area (Å²) >= 11 is 0. The predicted molar refractivity (Wildman–Crippen MR) is 66.9 cm³/mol. The third-order valence-corrected chi connectivity index (χ3v) is 3.66. The van der Waals surface area contributed by atoms with Gasteiger partial charge >= 0.3 is 0 Å². The highest BCUT2D eigenvalue weighted by Gasteiger charge is 2.15. The summed E-state index contributed by atoms with van der Waals surface area (Å²) in [5.41, 5.74) is 3.57. The fraction of sp³-hybridized carbons (Fsp3) is 0.571. The summed E-state index contributed by atoms with van der Waals surface area (Å²) in [5.74, 6) is 1.20. The lowest BCUT2D eigenvalue weighted by Gasteiger charge is -2.23. The molecule has 0 saturated carbocycles. The van der Waals surface area contributed by atoms with E-state index in [1.807, 2.05) is 13.0 Å². The van der Waals surface area contributed by atoms with E-state index in [0.29, 0.717) is 5.75 Å². The molecule has 2 rings (SSSR count). The van der Waals surface area contributed by atoms with Gasteiger partial charge in [-0.05, 0) is 74.9 Å². The topological polar surface area (TPSA) is 32.3 Å². The lowest BCUT2D eigenvalue weighted by Crippen LogP contribution is -2.28. The van der Waals surface area contributed by atoms with E-state index in [-0.39, 0.29) is 0 Å². The normalized spacial score (nSPS) is 17.6.